The Bertz CT molecular complexity index is 261. The van der Waals surface area contributed by atoms with Crippen molar-refractivity contribution in [2.45, 2.75) is 20.3 Å². The lowest BCUT2D eigenvalue weighted by Crippen LogP contribution is -1.98. The molecule has 0 saturated carbocycles. The molecule has 4 heteroatoms. The molecule has 0 radical (unpaired) electrons. The number of alkyl halides is 2. The van der Waals surface area contributed by atoms with E-state index in [2.05, 4.69) is 9.97 Å². The van der Waals surface area contributed by atoms with Gasteiger partial charge in [-0.05, 0) is 19.4 Å². The molecule has 0 aliphatic carbocycles. The number of halogens is 2. The fourth-order valence-electron chi connectivity index (χ4n) is 0.650. The molecule has 0 aromatic carbocycles. The van der Waals surface area contributed by atoms with Crippen molar-refractivity contribution in [1.82, 2.24) is 9.97 Å². The highest BCUT2D eigenvalue weighted by molar-refractivity contribution is 5.13. The Morgan fingerprint density at radius 2 is 2.00 bits per heavy atom. The highest BCUT2D eigenvalue weighted by atomic mass is 19.3. The molecule has 1 rings (SSSR count). The van der Waals surface area contributed by atoms with E-state index in [0.717, 1.165) is 5.56 Å². The van der Waals surface area contributed by atoms with Crippen LogP contribution in [0.1, 0.15) is 23.5 Å². The van der Waals surface area contributed by atoms with E-state index in [9.17, 15) is 8.78 Å². The summed E-state index contributed by atoms with van der Waals surface area (Å²) in [7, 11) is 0. The minimum absolute atomic E-state index is 0.395. The van der Waals surface area contributed by atoms with Crippen molar-refractivity contribution in [2.75, 3.05) is 0 Å². The van der Waals surface area contributed by atoms with Gasteiger partial charge in [-0.25, -0.2) is 18.7 Å². The van der Waals surface area contributed by atoms with Crippen molar-refractivity contribution in [1.29, 1.82) is 0 Å². The molecule has 0 spiro atoms. The van der Waals surface area contributed by atoms with E-state index in [1.807, 2.05) is 0 Å². The lowest BCUT2D eigenvalue weighted by molar-refractivity contribution is 0.140. The number of nitrogens with zero attached hydrogens (tertiary/aromatic N) is 2. The van der Waals surface area contributed by atoms with E-state index in [-0.39, 0.29) is 0 Å². The molecule has 0 N–H and O–H groups in total. The smallest absolute Gasteiger partial charge is 0.236 e. The molecule has 0 aliphatic heterocycles. The Hall–Kier alpha value is -1.06. The van der Waals surface area contributed by atoms with Gasteiger partial charge in [0.05, 0.1) is 0 Å². The molecule has 11 heavy (non-hydrogen) atoms. The standard InChI is InChI=1S/C7H8F2N2/c1-4-3-10-7(6(8)9)11-5(4)2/h3,6H,1-2H3. The number of hydrogen-bond acceptors (Lipinski definition) is 2. The molecule has 0 amide bonds. The summed E-state index contributed by atoms with van der Waals surface area (Å²) in [4.78, 5) is 7.09. The van der Waals surface area contributed by atoms with Gasteiger partial charge >= 0.3 is 0 Å². The van der Waals surface area contributed by atoms with Gasteiger partial charge in [0.15, 0.2) is 5.82 Å². The van der Waals surface area contributed by atoms with Crippen molar-refractivity contribution in [3.05, 3.63) is 23.3 Å². The molecule has 0 atom stereocenters. The topological polar surface area (TPSA) is 25.8 Å². The Morgan fingerprint density at radius 1 is 1.36 bits per heavy atom. The van der Waals surface area contributed by atoms with Crippen molar-refractivity contribution in [3.8, 4) is 0 Å². The van der Waals surface area contributed by atoms with E-state index in [1.54, 1.807) is 13.8 Å². The highest BCUT2D eigenvalue weighted by Gasteiger charge is 2.10. The monoisotopic (exact) mass is 158 g/mol. The second-order valence-electron chi connectivity index (χ2n) is 2.30. The van der Waals surface area contributed by atoms with Crippen LogP contribution in [-0.2, 0) is 0 Å². The molecule has 0 fully saturated rings. The van der Waals surface area contributed by atoms with E-state index in [4.69, 9.17) is 0 Å². The average Bonchev–Trinajstić information content (AvgIpc) is 1.94. The summed E-state index contributed by atoms with van der Waals surface area (Å²) >= 11 is 0. The first-order valence-electron chi connectivity index (χ1n) is 3.19. The first kappa shape index (κ1) is 8.04. The molecule has 0 bridgehead atoms. The van der Waals surface area contributed by atoms with Crippen LogP contribution in [0.3, 0.4) is 0 Å². The summed E-state index contributed by atoms with van der Waals surface area (Å²) in [5.74, 6) is -0.395. The second-order valence-corrected chi connectivity index (χ2v) is 2.30. The quantitative estimate of drug-likeness (QED) is 0.624. The fourth-order valence-corrected chi connectivity index (χ4v) is 0.650. The Kier molecular flexibility index (Phi) is 2.12. The molecule has 0 saturated heterocycles. The Morgan fingerprint density at radius 3 is 2.45 bits per heavy atom. The summed E-state index contributed by atoms with van der Waals surface area (Å²) < 4.78 is 23.9. The van der Waals surface area contributed by atoms with Gasteiger partial charge in [-0.15, -0.1) is 0 Å². The van der Waals surface area contributed by atoms with Gasteiger partial charge < -0.3 is 0 Å². The van der Waals surface area contributed by atoms with Crippen molar-refractivity contribution >= 4 is 0 Å². The zero-order valence-corrected chi connectivity index (χ0v) is 6.31. The zero-order chi connectivity index (χ0) is 8.43. The van der Waals surface area contributed by atoms with Gasteiger partial charge in [-0.2, -0.15) is 0 Å². The summed E-state index contributed by atoms with van der Waals surface area (Å²) in [6, 6.07) is 0. The maximum Gasteiger partial charge on any atom is 0.297 e. The lowest BCUT2D eigenvalue weighted by atomic mass is 10.3. The van der Waals surface area contributed by atoms with Crippen LogP contribution < -0.4 is 0 Å². The molecular formula is C7H8F2N2. The predicted molar refractivity (Wildman–Crippen MR) is 36.5 cm³/mol. The van der Waals surface area contributed by atoms with Crippen LogP contribution >= 0.6 is 0 Å². The summed E-state index contributed by atoms with van der Waals surface area (Å²) in [5.41, 5.74) is 1.43. The summed E-state index contributed by atoms with van der Waals surface area (Å²) in [6.45, 7) is 3.47. The van der Waals surface area contributed by atoms with Crippen molar-refractivity contribution < 1.29 is 8.78 Å². The molecular weight excluding hydrogens is 150 g/mol. The summed E-state index contributed by atoms with van der Waals surface area (Å²) in [6.07, 6.45) is -1.17. The van der Waals surface area contributed by atoms with E-state index < -0.39 is 12.2 Å². The molecule has 1 heterocycles. The van der Waals surface area contributed by atoms with E-state index in [0.29, 0.717) is 5.69 Å². The SMILES string of the molecule is Cc1cnc(C(F)F)nc1C. The Labute approximate surface area is 63.3 Å². The van der Waals surface area contributed by atoms with Gasteiger partial charge in [0.25, 0.3) is 6.43 Å². The first-order valence-corrected chi connectivity index (χ1v) is 3.19. The van der Waals surface area contributed by atoms with Gasteiger partial charge in [-0.1, -0.05) is 0 Å². The largest absolute Gasteiger partial charge is 0.297 e. The van der Waals surface area contributed by atoms with Crippen molar-refractivity contribution in [3.63, 3.8) is 0 Å². The maximum atomic E-state index is 12.0. The minimum atomic E-state index is -2.57. The predicted octanol–water partition coefficient (Wildman–Crippen LogP) is 2.03. The third-order valence-corrected chi connectivity index (χ3v) is 1.44. The van der Waals surface area contributed by atoms with Gasteiger partial charge in [0.1, 0.15) is 0 Å². The normalized spacial score (nSPS) is 10.6. The van der Waals surface area contributed by atoms with Gasteiger partial charge in [-0.3, -0.25) is 0 Å². The van der Waals surface area contributed by atoms with Crippen LogP contribution in [0, 0.1) is 13.8 Å². The second kappa shape index (κ2) is 2.90. The average molecular weight is 158 g/mol. The Balaban J connectivity index is 3.05. The van der Waals surface area contributed by atoms with Crippen molar-refractivity contribution in [2.24, 2.45) is 0 Å². The fraction of sp³-hybridized carbons (Fsp3) is 0.429. The van der Waals surface area contributed by atoms with Gasteiger partial charge in [0, 0.05) is 11.9 Å². The molecule has 0 unspecified atom stereocenters. The minimum Gasteiger partial charge on any atom is -0.236 e. The molecule has 2 nitrogen and oxygen atoms in total. The molecule has 1 aromatic rings. The summed E-state index contributed by atoms with van der Waals surface area (Å²) in [5, 5.41) is 0. The first-order chi connectivity index (χ1) is 5.11. The third-order valence-electron chi connectivity index (χ3n) is 1.44. The molecule has 0 aliphatic rings. The zero-order valence-electron chi connectivity index (χ0n) is 6.31. The molecule has 60 valence electrons. The van der Waals surface area contributed by atoms with Crippen LogP contribution in [0.25, 0.3) is 0 Å². The van der Waals surface area contributed by atoms with Crippen LogP contribution in [0.5, 0.6) is 0 Å². The third kappa shape index (κ3) is 1.69. The van der Waals surface area contributed by atoms with E-state index >= 15 is 0 Å². The highest BCUT2D eigenvalue weighted by Crippen LogP contribution is 2.14. The molecule has 1 aromatic heterocycles. The lowest BCUT2D eigenvalue weighted by Gasteiger charge is -2.00. The van der Waals surface area contributed by atoms with E-state index in [1.165, 1.54) is 6.20 Å². The number of rotatable bonds is 1. The number of hydrogen-bond donors (Lipinski definition) is 0. The number of aryl methyl sites for hydroxylation is 2. The van der Waals surface area contributed by atoms with Crippen LogP contribution in [0.15, 0.2) is 6.20 Å². The van der Waals surface area contributed by atoms with Crippen LogP contribution in [0.4, 0.5) is 8.78 Å². The number of aromatic nitrogens is 2. The van der Waals surface area contributed by atoms with Gasteiger partial charge in [0.2, 0.25) is 0 Å². The van der Waals surface area contributed by atoms with Crippen LogP contribution in [0.2, 0.25) is 0 Å². The van der Waals surface area contributed by atoms with Crippen LogP contribution in [-0.4, -0.2) is 9.97 Å². The maximum absolute atomic E-state index is 12.0.